The fourth-order valence-electron chi connectivity index (χ4n) is 3.24. The molecular formula is C21H27N3O2. The van der Waals surface area contributed by atoms with Crippen LogP contribution in [0, 0.1) is 0 Å². The number of ether oxygens (including phenoxy) is 1. The molecule has 1 aromatic heterocycles. The zero-order chi connectivity index (χ0) is 18.2. The van der Waals surface area contributed by atoms with Crippen molar-refractivity contribution in [3.05, 3.63) is 59.9 Å². The fraction of sp³-hybridized carbons (Fsp3) is 0.429. The number of benzene rings is 1. The maximum atomic E-state index is 12.8. The average molecular weight is 353 g/mol. The topological polar surface area (TPSA) is 54.5 Å². The van der Waals surface area contributed by atoms with Crippen LogP contribution in [0.1, 0.15) is 36.9 Å². The highest BCUT2D eigenvalue weighted by atomic mass is 16.5. The van der Waals surface area contributed by atoms with Crippen molar-refractivity contribution in [1.82, 2.24) is 15.2 Å². The summed E-state index contributed by atoms with van der Waals surface area (Å²) in [5.74, 6) is 1.09. The van der Waals surface area contributed by atoms with Crippen LogP contribution in [0.15, 0.2) is 48.8 Å². The van der Waals surface area contributed by atoms with Gasteiger partial charge in [0.15, 0.2) is 0 Å². The van der Waals surface area contributed by atoms with Gasteiger partial charge in [-0.2, -0.15) is 0 Å². The molecule has 1 fully saturated rings. The molecule has 0 aliphatic carbocycles. The lowest BCUT2D eigenvalue weighted by atomic mass is 10.0. The van der Waals surface area contributed by atoms with E-state index in [1.54, 1.807) is 6.20 Å². The molecule has 0 spiro atoms. The SMILES string of the molecule is CCCOc1ccc(CCC(=O)N2CCNCC2c2cccnc2)cc1. The van der Waals surface area contributed by atoms with Crippen molar-refractivity contribution in [3.63, 3.8) is 0 Å². The first-order valence-electron chi connectivity index (χ1n) is 9.39. The van der Waals surface area contributed by atoms with E-state index in [0.29, 0.717) is 6.42 Å². The quantitative estimate of drug-likeness (QED) is 0.831. The number of nitrogens with one attached hydrogen (secondary N) is 1. The molecule has 5 heteroatoms. The maximum absolute atomic E-state index is 12.8. The summed E-state index contributed by atoms with van der Waals surface area (Å²) in [7, 11) is 0. The predicted octanol–water partition coefficient (Wildman–Crippen LogP) is 2.98. The summed E-state index contributed by atoms with van der Waals surface area (Å²) in [6, 6.07) is 12.1. The van der Waals surface area contributed by atoms with Gasteiger partial charge in [0.2, 0.25) is 5.91 Å². The van der Waals surface area contributed by atoms with E-state index in [1.165, 1.54) is 0 Å². The van der Waals surface area contributed by atoms with Gasteiger partial charge in [-0.15, -0.1) is 0 Å². The molecule has 0 bridgehead atoms. The van der Waals surface area contributed by atoms with E-state index in [-0.39, 0.29) is 11.9 Å². The van der Waals surface area contributed by atoms with Gasteiger partial charge in [0.25, 0.3) is 0 Å². The van der Waals surface area contributed by atoms with Gasteiger partial charge < -0.3 is 15.0 Å². The minimum absolute atomic E-state index is 0.0646. The van der Waals surface area contributed by atoms with Crippen molar-refractivity contribution in [2.75, 3.05) is 26.2 Å². The molecule has 1 atom stereocenters. The third kappa shape index (κ3) is 4.82. The Morgan fingerprint density at radius 1 is 1.31 bits per heavy atom. The molecule has 3 rings (SSSR count). The van der Waals surface area contributed by atoms with Crippen molar-refractivity contribution >= 4 is 5.91 Å². The second kappa shape index (κ2) is 9.34. The van der Waals surface area contributed by atoms with Crippen molar-refractivity contribution in [2.45, 2.75) is 32.2 Å². The summed E-state index contributed by atoms with van der Waals surface area (Å²) in [4.78, 5) is 19.0. The summed E-state index contributed by atoms with van der Waals surface area (Å²) in [6.07, 6.45) is 5.88. The third-order valence-electron chi connectivity index (χ3n) is 4.66. The van der Waals surface area contributed by atoms with Crippen LogP contribution < -0.4 is 10.1 Å². The zero-order valence-electron chi connectivity index (χ0n) is 15.4. The number of hydrogen-bond acceptors (Lipinski definition) is 4. The van der Waals surface area contributed by atoms with E-state index in [0.717, 1.165) is 56.0 Å². The van der Waals surface area contributed by atoms with Crippen LogP contribution in [0.2, 0.25) is 0 Å². The van der Waals surface area contributed by atoms with Crippen LogP contribution in [0.4, 0.5) is 0 Å². The second-order valence-electron chi connectivity index (χ2n) is 6.59. The maximum Gasteiger partial charge on any atom is 0.223 e. The first-order valence-corrected chi connectivity index (χ1v) is 9.39. The molecule has 1 amide bonds. The highest BCUT2D eigenvalue weighted by Gasteiger charge is 2.27. The molecule has 0 saturated carbocycles. The minimum atomic E-state index is 0.0646. The number of pyridine rings is 1. The van der Waals surface area contributed by atoms with Gasteiger partial charge in [0, 0.05) is 38.4 Å². The predicted molar refractivity (Wildman–Crippen MR) is 102 cm³/mol. The molecule has 2 heterocycles. The summed E-state index contributed by atoms with van der Waals surface area (Å²) in [5, 5.41) is 3.38. The van der Waals surface area contributed by atoms with Crippen LogP contribution >= 0.6 is 0 Å². The van der Waals surface area contributed by atoms with Crippen molar-refractivity contribution in [3.8, 4) is 5.75 Å². The molecule has 2 aromatic rings. The van der Waals surface area contributed by atoms with Crippen molar-refractivity contribution in [1.29, 1.82) is 0 Å². The summed E-state index contributed by atoms with van der Waals surface area (Å²) >= 11 is 0. The second-order valence-corrected chi connectivity index (χ2v) is 6.59. The van der Waals surface area contributed by atoms with E-state index in [2.05, 4.69) is 29.4 Å². The molecule has 138 valence electrons. The van der Waals surface area contributed by atoms with Gasteiger partial charge in [0.1, 0.15) is 5.75 Å². The van der Waals surface area contributed by atoms with Crippen LogP contribution in [0.5, 0.6) is 5.75 Å². The summed E-state index contributed by atoms with van der Waals surface area (Å²) in [6.45, 7) is 5.18. The van der Waals surface area contributed by atoms with Crippen molar-refractivity contribution < 1.29 is 9.53 Å². The summed E-state index contributed by atoms with van der Waals surface area (Å²) < 4.78 is 5.61. The van der Waals surface area contributed by atoms with Gasteiger partial charge in [-0.25, -0.2) is 0 Å². The Hall–Kier alpha value is -2.40. The lowest BCUT2D eigenvalue weighted by Crippen LogP contribution is -2.48. The number of aryl methyl sites for hydroxylation is 1. The van der Waals surface area contributed by atoms with E-state index < -0.39 is 0 Å². The van der Waals surface area contributed by atoms with Gasteiger partial charge in [-0.1, -0.05) is 25.1 Å². The molecule has 1 N–H and O–H groups in total. The summed E-state index contributed by atoms with van der Waals surface area (Å²) in [5.41, 5.74) is 2.25. The van der Waals surface area contributed by atoms with Gasteiger partial charge in [-0.05, 0) is 42.2 Å². The number of hydrogen-bond donors (Lipinski definition) is 1. The van der Waals surface area contributed by atoms with E-state index in [1.807, 2.05) is 35.4 Å². The Morgan fingerprint density at radius 3 is 2.88 bits per heavy atom. The van der Waals surface area contributed by atoms with Crippen LogP contribution in [-0.4, -0.2) is 42.0 Å². The Bertz CT molecular complexity index is 688. The number of rotatable bonds is 7. The fourth-order valence-corrected chi connectivity index (χ4v) is 3.24. The Labute approximate surface area is 155 Å². The molecule has 0 radical (unpaired) electrons. The average Bonchev–Trinajstić information content (AvgIpc) is 2.72. The lowest BCUT2D eigenvalue weighted by Gasteiger charge is -2.36. The molecule has 26 heavy (non-hydrogen) atoms. The number of amides is 1. The van der Waals surface area contributed by atoms with Gasteiger partial charge in [-0.3, -0.25) is 9.78 Å². The van der Waals surface area contributed by atoms with Crippen LogP contribution in [0.3, 0.4) is 0 Å². The third-order valence-corrected chi connectivity index (χ3v) is 4.66. The van der Waals surface area contributed by atoms with Crippen LogP contribution in [0.25, 0.3) is 0 Å². The highest BCUT2D eigenvalue weighted by molar-refractivity contribution is 5.77. The Kier molecular flexibility index (Phi) is 6.61. The number of aromatic nitrogens is 1. The molecule has 1 unspecified atom stereocenters. The minimum Gasteiger partial charge on any atom is -0.494 e. The molecular weight excluding hydrogens is 326 g/mol. The van der Waals surface area contributed by atoms with E-state index >= 15 is 0 Å². The molecule has 1 aliphatic rings. The first-order chi connectivity index (χ1) is 12.8. The van der Waals surface area contributed by atoms with Gasteiger partial charge >= 0.3 is 0 Å². The number of piperazine rings is 1. The van der Waals surface area contributed by atoms with Gasteiger partial charge in [0.05, 0.1) is 12.6 Å². The smallest absolute Gasteiger partial charge is 0.223 e. The molecule has 1 aliphatic heterocycles. The Balaban J connectivity index is 1.58. The highest BCUT2D eigenvalue weighted by Crippen LogP contribution is 2.23. The zero-order valence-corrected chi connectivity index (χ0v) is 15.4. The largest absolute Gasteiger partial charge is 0.494 e. The Morgan fingerprint density at radius 2 is 2.15 bits per heavy atom. The van der Waals surface area contributed by atoms with Crippen molar-refractivity contribution in [2.24, 2.45) is 0 Å². The normalized spacial score (nSPS) is 17.1. The first kappa shape index (κ1) is 18.4. The number of carbonyl (C=O) groups excluding carboxylic acids is 1. The monoisotopic (exact) mass is 353 g/mol. The molecule has 1 saturated heterocycles. The van der Waals surface area contributed by atoms with E-state index in [4.69, 9.17) is 4.74 Å². The number of carbonyl (C=O) groups is 1. The standard InChI is InChI=1S/C21H27N3O2/c1-2-14-26-19-8-5-17(6-9-19)7-10-21(25)24-13-12-23-16-20(24)18-4-3-11-22-15-18/h3-6,8-9,11,15,20,23H,2,7,10,12-14,16H2,1H3. The van der Waals surface area contributed by atoms with E-state index in [9.17, 15) is 4.79 Å². The van der Waals surface area contributed by atoms with Crippen LogP contribution in [-0.2, 0) is 11.2 Å². The lowest BCUT2D eigenvalue weighted by molar-refractivity contribution is -0.134. The number of nitrogens with zero attached hydrogens (tertiary/aromatic N) is 2. The molecule has 1 aromatic carbocycles. The molecule has 5 nitrogen and oxygen atoms in total.